The summed E-state index contributed by atoms with van der Waals surface area (Å²) in [6.45, 7) is 1.95. The summed E-state index contributed by atoms with van der Waals surface area (Å²) in [5.41, 5.74) is 6.21. The summed E-state index contributed by atoms with van der Waals surface area (Å²) in [6.07, 6.45) is -0.123. The summed E-state index contributed by atoms with van der Waals surface area (Å²) in [5.74, 6) is -0.488. The monoisotopic (exact) mass is 349 g/mol. The first-order valence-corrected chi connectivity index (χ1v) is 7.46. The number of esters is 1. The molecule has 0 aliphatic heterocycles. The molecule has 2 rings (SSSR count). The molecule has 0 atom stereocenters. The van der Waals surface area contributed by atoms with Crippen LogP contribution in [0.3, 0.4) is 0 Å². The maximum absolute atomic E-state index is 11.6. The Morgan fingerprint density at radius 1 is 1.46 bits per heavy atom. The normalized spacial score (nSPS) is 11.2. The first-order valence-electron chi connectivity index (χ1n) is 7.09. The smallest absolute Gasteiger partial charge is 0.311 e. The Labute approximate surface area is 142 Å². The number of hydrogen-bond donors (Lipinski definition) is 3. The van der Waals surface area contributed by atoms with Gasteiger partial charge in [0.2, 0.25) is 11.9 Å². The van der Waals surface area contributed by atoms with Crippen LogP contribution in [-0.4, -0.2) is 28.5 Å². The van der Waals surface area contributed by atoms with E-state index in [2.05, 4.69) is 20.3 Å². The van der Waals surface area contributed by atoms with Gasteiger partial charge in [0.05, 0.1) is 18.7 Å². The minimum Gasteiger partial charge on any atom is -0.466 e. The van der Waals surface area contributed by atoms with Gasteiger partial charge < -0.3 is 15.8 Å². The molecular formula is C15H16ClN5O3. The van der Waals surface area contributed by atoms with E-state index >= 15 is 0 Å². The molecule has 0 fully saturated rings. The van der Waals surface area contributed by atoms with Crippen molar-refractivity contribution in [2.24, 2.45) is 10.7 Å². The lowest BCUT2D eigenvalue weighted by Gasteiger charge is -2.06. The molecule has 0 saturated heterocycles. The van der Waals surface area contributed by atoms with Crippen molar-refractivity contribution in [1.29, 1.82) is 0 Å². The van der Waals surface area contributed by atoms with Crippen molar-refractivity contribution in [3.63, 3.8) is 0 Å². The number of carbonyl (C=O) groups is 1. The van der Waals surface area contributed by atoms with E-state index in [4.69, 9.17) is 22.1 Å². The summed E-state index contributed by atoms with van der Waals surface area (Å²) < 4.78 is 4.82. The molecule has 126 valence electrons. The second-order valence-electron chi connectivity index (χ2n) is 4.67. The molecule has 0 bridgehead atoms. The van der Waals surface area contributed by atoms with E-state index in [1.165, 1.54) is 6.07 Å². The molecule has 8 nitrogen and oxygen atoms in total. The van der Waals surface area contributed by atoms with E-state index in [1.807, 2.05) is 0 Å². The summed E-state index contributed by atoms with van der Waals surface area (Å²) in [7, 11) is 0. The van der Waals surface area contributed by atoms with E-state index in [0.29, 0.717) is 10.7 Å². The average molecular weight is 350 g/mol. The number of H-pyrrole nitrogens is 1. The number of nitrogens with zero attached hydrogens (tertiary/aromatic N) is 2. The van der Waals surface area contributed by atoms with Crippen LogP contribution < -0.4 is 16.6 Å². The SMILES string of the molecule is CCOC(=O)Cc1cc(=O)[nH]c(N=C(N)Nc2cccc(Cl)c2)n1. The van der Waals surface area contributed by atoms with Crippen molar-refractivity contribution in [1.82, 2.24) is 9.97 Å². The predicted octanol–water partition coefficient (Wildman–Crippen LogP) is 1.59. The number of anilines is 1. The number of aromatic nitrogens is 2. The first-order chi connectivity index (χ1) is 11.5. The minimum absolute atomic E-state index is 0.00806. The van der Waals surface area contributed by atoms with Crippen LogP contribution in [0.25, 0.3) is 0 Å². The minimum atomic E-state index is -0.476. The van der Waals surface area contributed by atoms with E-state index < -0.39 is 11.5 Å². The molecule has 0 saturated carbocycles. The van der Waals surface area contributed by atoms with Crippen LogP contribution in [-0.2, 0) is 16.0 Å². The van der Waals surface area contributed by atoms with Gasteiger partial charge in [-0.05, 0) is 25.1 Å². The van der Waals surface area contributed by atoms with Crippen molar-refractivity contribution in [2.75, 3.05) is 11.9 Å². The number of carbonyl (C=O) groups excluding carboxylic acids is 1. The lowest BCUT2D eigenvalue weighted by atomic mass is 10.3. The van der Waals surface area contributed by atoms with Gasteiger partial charge in [-0.1, -0.05) is 17.7 Å². The maximum atomic E-state index is 11.6. The largest absolute Gasteiger partial charge is 0.466 e. The number of aliphatic imine (C=N–C) groups is 1. The fraction of sp³-hybridized carbons (Fsp3) is 0.200. The second kappa shape index (κ2) is 8.11. The third kappa shape index (κ3) is 5.40. The zero-order valence-electron chi connectivity index (χ0n) is 12.9. The Morgan fingerprint density at radius 2 is 2.25 bits per heavy atom. The second-order valence-corrected chi connectivity index (χ2v) is 5.11. The molecule has 0 unspecified atom stereocenters. The Kier molecular flexibility index (Phi) is 5.91. The molecule has 1 heterocycles. The summed E-state index contributed by atoms with van der Waals surface area (Å²) >= 11 is 5.88. The Balaban J connectivity index is 2.17. The number of benzene rings is 1. The molecule has 9 heteroatoms. The highest BCUT2D eigenvalue weighted by Crippen LogP contribution is 2.14. The number of halogens is 1. The highest BCUT2D eigenvalue weighted by molar-refractivity contribution is 6.30. The fourth-order valence-corrected chi connectivity index (χ4v) is 2.04. The molecule has 1 aromatic carbocycles. The quantitative estimate of drug-likeness (QED) is 0.428. The fourth-order valence-electron chi connectivity index (χ4n) is 1.85. The number of aromatic amines is 1. The molecule has 0 spiro atoms. The zero-order chi connectivity index (χ0) is 17.5. The van der Waals surface area contributed by atoms with Crippen LogP contribution in [0.1, 0.15) is 12.6 Å². The van der Waals surface area contributed by atoms with Crippen molar-refractivity contribution in [3.8, 4) is 0 Å². The topological polar surface area (TPSA) is 122 Å². The third-order valence-corrected chi connectivity index (χ3v) is 2.97. The Morgan fingerprint density at radius 3 is 2.96 bits per heavy atom. The molecule has 0 radical (unpaired) electrons. The number of hydrogen-bond acceptors (Lipinski definition) is 5. The number of ether oxygens (including phenoxy) is 1. The number of rotatable bonds is 5. The molecule has 4 N–H and O–H groups in total. The molecule has 0 amide bonds. The van der Waals surface area contributed by atoms with E-state index in [1.54, 1.807) is 31.2 Å². The van der Waals surface area contributed by atoms with Crippen molar-refractivity contribution < 1.29 is 9.53 Å². The van der Waals surface area contributed by atoms with Crippen molar-refractivity contribution >= 4 is 35.2 Å². The lowest BCUT2D eigenvalue weighted by Crippen LogP contribution is -2.22. The Hall–Kier alpha value is -2.87. The molecular weight excluding hydrogens is 334 g/mol. The molecule has 0 aliphatic carbocycles. The Bertz CT molecular complexity index is 819. The van der Waals surface area contributed by atoms with E-state index in [-0.39, 0.29) is 30.6 Å². The molecule has 0 aliphatic rings. The highest BCUT2D eigenvalue weighted by Gasteiger charge is 2.08. The van der Waals surface area contributed by atoms with Crippen molar-refractivity contribution in [3.05, 3.63) is 51.4 Å². The summed E-state index contributed by atoms with van der Waals surface area (Å²) in [5, 5.41) is 3.36. The summed E-state index contributed by atoms with van der Waals surface area (Å²) in [4.78, 5) is 33.6. The van der Waals surface area contributed by atoms with Crippen LogP contribution in [0.2, 0.25) is 5.02 Å². The van der Waals surface area contributed by atoms with Gasteiger partial charge in [-0.3, -0.25) is 14.6 Å². The van der Waals surface area contributed by atoms with Crippen molar-refractivity contribution in [2.45, 2.75) is 13.3 Å². The van der Waals surface area contributed by atoms with Gasteiger partial charge in [0.15, 0.2) is 0 Å². The standard InChI is InChI=1S/C15H16ClN5O3/c1-2-24-13(23)8-11-7-12(22)20-15(19-11)21-14(17)18-10-5-3-4-9(16)6-10/h3-7H,2,8H2,1H3,(H4,17,18,19,20,21,22). The third-order valence-electron chi connectivity index (χ3n) is 2.74. The van der Waals surface area contributed by atoms with Crippen LogP contribution in [0.4, 0.5) is 11.6 Å². The van der Waals surface area contributed by atoms with E-state index in [9.17, 15) is 9.59 Å². The van der Waals surface area contributed by atoms with Crippen LogP contribution in [0, 0.1) is 0 Å². The molecule has 2 aromatic rings. The molecule has 1 aromatic heterocycles. The maximum Gasteiger partial charge on any atom is 0.311 e. The van der Waals surface area contributed by atoms with Gasteiger partial charge in [0.25, 0.3) is 5.56 Å². The zero-order valence-corrected chi connectivity index (χ0v) is 13.6. The van der Waals surface area contributed by atoms with Gasteiger partial charge in [-0.15, -0.1) is 0 Å². The number of nitrogens with two attached hydrogens (primary N) is 1. The van der Waals surface area contributed by atoms with Gasteiger partial charge >= 0.3 is 5.97 Å². The van der Waals surface area contributed by atoms with Gasteiger partial charge in [-0.2, -0.15) is 4.99 Å². The van der Waals surface area contributed by atoms with Gasteiger partial charge in [0, 0.05) is 16.8 Å². The summed E-state index contributed by atoms with van der Waals surface area (Å²) in [6, 6.07) is 8.09. The average Bonchev–Trinajstić information content (AvgIpc) is 2.46. The van der Waals surface area contributed by atoms with Crippen LogP contribution >= 0.6 is 11.6 Å². The number of nitrogens with one attached hydrogen (secondary N) is 2. The number of guanidine groups is 1. The molecule has 24 heavy (non-hydrogen) atoms. The highest BCUT2D eigenvalue weighted by atomic mass is 35.5. The predicted molar refractivity (Wildman–Crippen MR) is 91.6 cm³/mol. The van der Waals surface area contributed by atoms with Crippen LogP contribution in [0.5, 0.6) is 0 Å². The van der Waals surface area contributed by atoms with Gasteiger partial charge in [0.1, 0.15) is 0 Å². The lowest BCUT2D eigenvalue weighted by molar-refractivity contribution is -0.142. The van der Waals surface area contributed by atoms with Gasteiger partial charge in [-0.25, -0.2) is 4.98 Å². The van der Waals surface area contributed by atoms with Crippen LogP contribution in [0.15, 0.2) is 40.1 Å². The first kappa shape index (κ1) is 17.5. The van der Waals surface area contributed by atoms with E-state index in [0.717, 1.165) is 0 Å².